The quantitative estimate of drug-likeness (QED) is 0.694. The third-order valence-corrected chi connectivity index (χ3v) is 4.34. The largest absolute Gasteiger partial charge is 0.341 e. The first kappa shape index (κ1) is 17.4. The van der Waals surface area contributed by atoms with Gasteiger partial charge in [-0.25, -0.2) is 0 Å². The van der Waals surface area contributed by atoms with Crippen LogP contribution >= 0.6 is 0 Å². The summed E-state index contributed by atoms with van der Waals surface area (Å²) in [7, 11) is 0. The van der Waals surface area contributed by atoms with E-state index >= 15 is 0 Å². The number of nitrogens with zero attached hydrogens (tertiary/aromatic N) is 2. The average molecular weight is 283 g/mol. The molecule has 1 aliphatic rings. The Bertz CT molecular complexity index is 270. The summed E-state index contributed by atoms with van der Waals surface area (Å²) in [6, 6.07) is 0. The molecule has 0 bridgehead atoms. The molecule has 4 nitrogen and oxygen atoms in total. The van der Waals surface area contributed by atoms with Crippen LogP contribution in [0.15, 0.2) is 0 Å². The molecule has 0 radical (unpaired) electrons. The van der Waals surface area contributed by atoms with Crippen molar-refractivity contribution in [1.82, 2.24) is 9.80 Å². The minimum Gasteiger partial charge on any atom is -0.341 e. The predicted molar refractivity (Wildman–Crippen MR) is 84.6 cm³/mol. The van der Waals surface area contributed by atoms with Crippen LogP contribution in [0.5, 0.6) is 0 Å². The van der Waals surface area contributed by atoms with Gasteiger partial charge in [-0.05, 0) is 44.8 Å². The molecule has 0 aromatic heterocycles. The van der Waals surface area contributed by atoms with Crippen LogP contribution in [0.3, 0.4) is 0 Å². The highest BCUT2D eigenvalue weighted by molar-refractivity contribution is 5.76. The zero-order valence-corrected chi connectivity index (χ0v) is 13.4. The highest BCUT2D eigenvalue weighted by Gasteiger charge is 2.19. The highest BCUT2D eigenvalue weighted by atomic mass is 16.2. The zero-order valence-electron chi connectivity index (χ0n) is 13.4. The van der Waals surface area contributed by atoms with Crippen LogP contribution in [-0.4, -0.2) is 55.0 Å². The van der Waals surface area contributed by atoms with E-state index in [1.165, 1.54) is 12.8 Å². The minimum absolute atomic E-state index is 0.351. The highest BCUT2D eigenvalue weighted by Crippen LogP contribution is 2.12. The normalized spacial score (nSPS) is 18.9. The van der Waals surface area contributed by atoms with Crippen LogP contribution in [0.2, 0.25) is 0 Å². The second-order valence-electron chi connectivity index (χ2n) is 6.14. The Kier molecular flexibility index (Phi) is 8.86. The van der Waals surface area contributed by atoms with Gasteiger partial charge in [-0.3, -0.25) is 4.79 Å². The monoisotopic (exact) mass is 283 g/mol. The van der Waals surface area contributed by atoms with Crippen LogP contribution < -0.4 is 5.73 Å². The maximum Gasteiger partial charge on any atom is 0.222 e. The van der Waals surface area contributed by atoms with E-state index in [9.17, 15) is 4.79 Å². The Labute approximate surface area is 124 Å². The lowest BCUT2D eigenvalue weighted by Gasteiger charge is -2.23. The van der Waals surface area contributed by atoms with Gasteiger partial charge in [-0.1, -0.05) is 26.7 Å². The molecular weight excluding hydrogens is 250 g/mol. The third-order valence-electron chi connectivity index (χ3n) is 4.34. The van der Waals surface area contributed by atoms with Gasteiger partial charge in [0.25, 0.3) is 0 Å². The van der Waals surface area contributed by atoms with Gasteiger partial charge in [-0.15, -0.1) is 0 Å². The molecule has 0 aromatic carbocycles. The number of carbonyl (C=O) groups is 1. The summed E-state index contributed by atoms with van der Waals surface area (Å²) in [5.41, 5.74) is 5.52. The van der Waals surface area contributed by atoms with Crippen molar-refractivity contribution in [3.05, 3.63) is 0 Å². The number of carbonyl (C=O) groups excluding carboxylic acids is 1. The molecule has 1 fully saturated rings. The van der Waals surface area contributed by atoms with Crippen molar-refractivity contribution in [1.29, 1.82) is 0 Å². The van der Waals surface area contributed by atoms with E-state index in [0.717, 1.165) is 58.5 Å². The summed E-state index contributed by atoms with van der Waals surface area (Å²) < 4.78 is 0. The van der Waals surface area contributed by atoms with Gasteiger partial charge in [0.1, 0.15) is 0 Å². The van der Waals surface area contributed by atoms with E-state index in [2.05, 4.69) is 23.6 Å². The number of amides is 1. The second-order valence-corrected chi connectivity index (χ2v) is 6.14. The molecule has 1 atom stereocenters. The average Bonchev–Trinajstić information content (AvgIpc) is 2.69. The maximum absolute atomic E-state index is 12.2. The standard InChI is InChI=1S/C16H33N3O/c1-3-15(2)14-16(20)19-11-7-10-18(12-13-19)9-6-4-5-8-17/h15H,3-14,17H2,1-2H3. The van der Waals surface area contributed by atoms with E-state index < -0.39 is 0 Å². The molecule has 1 rings (SSSR count). The fourth-order valence-corrected chi connectivity index (χ4v) is 2.67. The lowest BCUT2D eigenvalue weighted by Crippen LogP contribution is -2.36. The summed E-state index contributed by atoms with van der Waals surface area (Å²) in [6.45, 7) is 10.3. The molecule has 0 aliphatic carbocycles. The number of hydrogen-bond donors (Lipinski definition) is 1. The molecule has 1 amide bonds. The summed E-state index contributed by atoms with van der Waals surface area (Å²) in [5.74, 6) is 0.863. The first-order valence-corrected chi connectivity index (χ1v) is 8.37. The molecule has 2 N–H and O–H groups in total. The number of rotatable bonds is 8. The van der Waals surface area contributed by atoms with Gasteiger partial charge in [0.05, 0.1) is 0 Å². The number of nitrogens with two attached hydrogens (primary N) is 1. The lowest BCUT2D eigenvalue weighted by atomic mass is 10.0. The van der Waals surface area contributed by atoms with Crippen LogP contribution in [-0.2, 0) is 4.79 Å². The Balaban J connectivity index is 2.26. The molecule has 20 heavy (non-hydrogen) atoms. The fourth-order valence-electron chi connectivity index (χ4n) is 2.67. The maximum atomic E-state index is 12.2. The first-order valence-electron chi connectivity index (χ1n) is 8.37. The second kappa shape index (κ2) is 10.2. The van der Waals surface area contributed by atoms with Crippen molar-refractivity contribution in [2.75, 3.05) is 39.3 Å². The van der Waals surface area contributed by atoms with E-state index in [1.54, 1.807) is 0 Å². The van der Waals surface area contributed by atoms with Gasteiger partial charge in [0.2, 0.25) is 5.91 Å². The van der Waals surface area contributed by atoms with Gasteiger partial charge >= 0.3 is 0 Å². The molecule has 0 aromatic rings. The van der Waals surface area contributed by atoms with E-state index in [1.807, 2.05) is 0 Å². The molecule has 0 spiro atoms. The van der Waals surface area contributed by atoms with E-state index in [0.29, 0.717) is 18.2 Å². The summed E-state index contributed by atoms with van der Waals surface area (Å²) in [6.07, 6.45) is 6.51. The Morgan fingerprint density at radius 1 is 1.15 bits per heavy atom. The minimum atomic E-state index is 0.351. The lowest BCUT2D eigenvalue weighted by molar-refractivity contribution is -0.132. The van der Waals surface area contributed by atoms with Gasteiger partial charge in [0.15, 0.2) is 0 Å². The zero-order chi connectivity index (χ0) is 14.8. The van der Waals surface area contributed by atoms with Crippen LogP contribution in [0, 0.1) is 5.92 Å². The molecule has 4 heteroatoms. The van der Waals surface area contributed by atoms with Crippen molar-refractivity contribution < 1.29 is 4.79 Å². The van der Waals surface area contributed by atoms with Crippen LogP contribution in [0.25, 0.3) is 0 Å². The first-order chi connectivity index (χ1) is 9.67. The number of hydrogen-bond acceptors (Lipinski definition) is 3. The van der Waals surface area contributed by atoms with E-state index in [-0.39, 0.29) is 0 Å². The van der Waals surface area contributed by atoms with Crippen molar-refractivity contribution in [2.45, 2.75) is 52.4 Å². The molecule has 1 unspecified atom stereocenters. The number of unbranched alkanes of at least 4 members (excludes halogenated alkanes) is 2. The van der Waals surface area contributed by atoms with E-state index in [4.69, 9.17) is 5.73 Å². The molecule has 1 aliphatic heterocycles. The fraction of sp³-hybridized carbons (Fsp3) is 0.938. The smallest absolute Gasteiger partial charge is 0.222 e. The molecule has 1 saturated heterocycles. The summed E-state index contributed by atoms with van der Waals surface area (Å²) in [5, 5.41) is 0. The molecular formula is C16H33N3O. The summed E-state index contributed by atoms with van der Waals surface area (Å²) in [4.78, 5) is 16.8. The van der Waals surface area contributed by atoms with Gasteiger partial charge < -0.3 is 15.5 Å². The van der Waals surface area contributed by atoms with Crippen molar-refractivity contribution >= 4 is 5.91 Å². The SMILES string of the molecule is CCC(C)CC(=O)N1CCCN(CCCCCN)CC1. The third kappa shape index (κ3) is 6.71. The Morgan fingerprint density at radius 2 is 1.95 bits per heavy atom. The van der Waals surface area contributed by atoms with Crippen LogP contribution in [0.4, 0.5) is 0 Å². The summed E-state index contributed by atoms with van der Waals surface area (Å²) >= 11 is 0. The topological polar surface area (TPSA) is 49.6 Å². The van der Waals surface area contributed by atoms with Crippen molar-refractivity contribution in [3.8, 4) is 0 Å². The van der Waals surface area contributed by atoms with Gasteiger partial charge in [-0.2, -0.15) is 0 Å². The molecule has 1 heterocycles. The molecule has 0 saturated carbocycles. The predicted octanol–water partition coefficient (Wildman–Crippen LogP) is 2.09. The Hall–Kier alpha value is -0.610. The van der Waals surface area contributed by atoms with Gasteiger partial charge in [0, 0.05) is 26.1 Å². The molecule has 118 valence electrons. The van der Waals surface area contributed by atoms with Crippen molar-refractivity contribution in [3.63, 3.8) is 0 Å². The van der Waals surface area contributed by atoms with Crippen molar-refractivity contribution in [2.24, 2.45) is 11.7 Å². The Morgan fingerprint density at radius 3 is 2.65 bits per heavy atom. The van der Waals surface area contributed by atoms with Crippen LogP contribution in [0.1, 0.15) is 52.4 Å².